The first-order valence-corrected chi connectivity index (χ1v) is 9.31. The van der Waals surface area contributed by atoms with Gasteiger partial charge in [0.15, 0.2) is 0 Å². The van der Waals surface area contributed by atoms with E-state index in [1.165, 1.54) is 0 Å². The molecule has 2 heterocycles. The lowest BCUT2D eigenvalue weighted by Crippen LogP contribution is -2.18. The number of benzene rings is 2. The zero-order chi connectivity index (χ0) is 19.5. The molecule has 0 saturated carbocycles. The highest BCUT2D eigenvalue weighted by molar-refractivity contribution is 6.30. The summed E-state index contributed by atoms with van der Waals surface area (Å²) in [5.74, 6) is 0.790. The van der Waals surface area contributed by atoms with Crippen molar-refractivity contribution in [3.8, 4) is 17.0 Å². The van der Waals surface area contributed by atoms with Gasteiger partial charge in [-0.2, -0.15) is 0 Å². The van der Waals surface area contributed by atoms with Crippen LogP contribution in [0.15, 0.2) is 65.4 Å². The van der Waals surface area contributed by atoms with Crippen LogP contribution >= 0.6 is 11.6 Å². The van der Waals surface area contributed by atoms with Crippen LogP contribution in [0, 0.1) is 0 Å². The molecule has 0 aliphatic carbocycles. The van der Waals surface area contributed by atoms with Gasteiger partial charge in [-0.3, -0.25) is 4.90 Å². The van der Waals surface area contributed by atoms with Gasteiger partial charge in [-0.25, -0.2) is 4.98 Å². The smallest absolute Gasteiger partial charge is 0.124 e. The molecule has 2 aromatic heterocycles. The Bertz CT molecular complexity index is 1080. The fraction of sp³-hybridized carbons (Fsp3) is 0.182. The number of nitrogens with zero attached hydrogens (tertiary/aromatic N) is 3. The van der Waals surface area contributed by atoms with Gasteiger partial charge in [-0.15, -0.1) is 0 Å². The van der Waals surface area contributed by atoms with Gasteiger partial charge in [0, 0.05) is 41.2 Å². The molecule has 28 heavy (non-hydrogen) atoms. The molecule has 0 bridgehead atoms. The first kappa shape index (κ1) is 18.5. The molecule has 0 aliphatic heterocycles. The average molecular weight is 394 g/mol. The quantitative estimate of drug-likeness (QED) is 0.451. The van der Waals surface area contributed by atoms with Crippen LogP contribution in [0.4, 0.5) is 0 Å². The lowest BCUT2D eigenvalue weighted by atomic mass is 10.0. The molecular formula is C22H20ClN3O2. The SMILES string of the molecule is COc1ccc2cc(CN(C)Cc3ccon3)c(-c3ccc(Cl)cc3)nc2c1. The summed E-state index contributed by atoms with van der Waals surface area (Å²) in [6.45, 7) is 1.41. The Balaban J connectivity index is 1.75. The lowest BCUT2D eigenvalue weighted by Gasteiger charge is -2.18. The number of pyridine rings is 1. The average Bonchev–Trinajstić information content (AvgIpc) is 3.20. The molecule has 0 atom stereocenters. The zero-order valence-corrected chi connectivity index (χ0v) is 16.5. The first-order valence-electron chi connectivity index (χ1n) is 8.94. The van der Waals surface area contributed by atoms with Gasteiger partial charge in [0.1, 0.15) is 12.0 Å². The maximum Gasteiger partial charge on any atom is 0.124 e. The highest BCUT2D eigenvalue weighted by Gasteiger charge is 2.13. The summed E-state index contributed by atoms with van der Waals surface area (Å²) < 4.78 is 10.3. The molecule has 0 aliphatic rings. The minimum Gasteiger partial charge on any atom is -0.497 e. The second-order valence-corrected chi connectivity index (χ2v) is 7.16. The van der Waals surface area contributed by atoms with E-state index in [0.29, 0.717) is 11.6 Å². The number of aromatic nitrogens is 2. The third-order valence-corrected chi connectivity index (χ3v) is 4.84. The second kappa shape index (κ2) is 8.00. The minimum atomic E-state index is 0.692. The van der Waals surface area contributed by atoms with E-state index < -0.39 is 0 Å². The molecule has 0 unspecified atom stereocenters. The van der Waals surface area contributed by atoms with Crippen molar-refractivity contribution in [1.82, 2.24) is 15.0 Å². The molecule has 0 spiro atoms. The predicted molar refractivity (Wildman–Crippen MR) is 110 cm³/mol. The molecule has 2 aromatic carbocycles. The Labute approximate surface area is 168 Å². The summed E-state index contributed by atoms with van der Waals surface area (Å²) >= 11 is 6.08. The van der Waals surface area contributed by atoms with Crippen molar-refractivity contribution in [2.75, 3.05) is 14.2 Å². The van der Waals surface area contributed by atoms with Crippen molar-refractivity contribution in [1.29, 1.82) is 0 Å². The molecule has 0 saturated heterocycles. The Morgan fingerprint density at radius 3 is 2.57 bits per heavy atom. The molecule has 142 valence electrons. The molecule has 0 amide bonds. The van der Waals surface area contributed by atoms with Crippen LogP contribution in [0.5, 0.6) is 5.75 Å². The maximum absolute atomic E-state index is 6.08. The van der Waals surface area contributed by atoms with E-state index in [0.717, 1.165) is 45.7 Å². The monoisotopic (exact) mass is 393 g/mol. The number of methoxy groups -OCH3 is 1. The van der Waals surface area contributed by atoms with Crippen LogP contribution in [0.25, 0.3) is 22.2 Å². The van der Waals surface area contributed by atoms with Gasteiger partial charge < -0.3 is 9.26 Å². The van der Waals surface area contributed by atoms with Gasteiger partial charge in [-0.05, 0) is 42.9 Å². The van der Waals surface area contributed by atoms with Gasteiger partial charge in [-0.1, -0.05) is 28.9 Å². The normalized spacial score (nSPS) is 11.3. The van der Waals surface area contributed by atoms with E-state index in [-0.39, 0.29) is 0 Å². The molecule has 0 N–H and O–H groups in total. The van der Waals surface area contributed by atoms with Crippen LogP contribution in [-0.4, -0.2) is 29.2 Å². The standard InChI is InChI=1S/C22H20ClN3O2/c1-26(14-19-9-10-28-25-19)13-17-11-16-5-8-20(27-2)12-21(16)24-22(17)15-3-6-18(23)7-4-15/h3-12H,13-14H2,1-2H3. The summed E-state index contributed by atoms with van der Waals surface area (Å²) in [6.07, 6.45) is 1.59. The van der Waals surface area contributed by atoms with Gasteiger partial charge in [0.05, 0.1) is 24.0 Å². The van der Waals surface area contributed by atoms with Gasteiger partial charge in [0.25, 0.3) is 0 Å². The Kier molecular flexibility index (Phi) is 5.28. The predicted octanol–water partition coefficient (Wildman–Crippen LogP) is 5.18. The van der Waals surface area contributed by atoms with Gasteiger partial charge >= 0.3 is 0 Å². The maximum atomic E-state index is 6.08. The zero-order valence-electron chi connectivity index (χ0n) is 15.7. The molecule has 0 fully saturated rings. The van der Waals surface area contributed by atoms with Gasteiger partial charge in [0.2, 0.25) is 0 Å². The highest BCUT2D eigenvalue weighted by atomic mass is 35.5. The van der Waals surface area contributed by atoms with Crippen LogP contribution in [0.3, 0.4) is 0 Å². The fourth-order valence-corrected chi connectivity index (χ4v) is 3.36. The molecular weight excluding hydrogens is 374 g/mol. The molecule has 6 heteroatoms. The minimum absolute atomic E-state index is 0.692. The largest absolute Gasteiger partial charge is 0.497 e. The van der Waals surface area contributed by atoms with Crippen molar-refractivity contribution in [3.05, 3.63) is 77.1 Å². The van der Waals surface area contributed by atoms with Crippen molar-refractivity contribution in [2.24, 2.45) is 0 Å². The number of rotatable bonds is 6. The van der Waals surface area contributed by atoms with E-state index >= 15 is 0 Å². The Hall–Kier alpha value is -2.89. The number of hydrogen-bond acceptors (Lipinski definition) is 5. The summed E-state index contributed by atoms with van der Waals surface area (Å²) in [5.41, 5.74) is 4.88. The molecule has 0 radical (unpaired) electrons. The lowest BCUT2D eigenvalue weighted by molar-refractivity contribution is 0.304. The van der Waals surface area contributed by atoms with E-state index in [9.17, 15) is 0 Å². The van der Waals surface area contributed by atoms with E-state index in [2.05, 4.69) is 23.2 Å². The Morgan fingerprint density at radius 2 is 1.86 bits per heavy atom. The number of halogens is 1. The van der Waals surface area contributed by atoms with Crippen molar-refractivity contribution in [2.45, 2.75) is 13.1 Å². The number of fused-ring (bicyclic) bond motifs is 1. The van der Waals surface area contributed by atoms with Crippen LogP contribution < -0.4 is 4.74 Å². The van der Waals surface area contributed by atoms with Crippen molar-refractivity contribution in [3.63, 3.8) is 0 Å². The summed E-state index contributed by atoms with van der Waals surface area (Å²) in [6, 6.07) is 17.8. The summed E-state index contributed by atoms with van der Waals surface area (Å²) in [7, 11) is 3.72. The number of hydrogen-bond donors (Lipinski definition) is 0. The first-order chi connectivity index (χ1) is 13.6. The molecule has 5 nitrogen and oxygen atoms in total. The van der Waals surface area contributed by atoms with Crippen LogP contribution in [-0.2, 0) is 13.1 Å². The topological polar surface area (TPSA) is 51.4 Å². The third-order valence-electron chi connectivity index (χ3n) is 4.58. The van der Waals surface area contributed by atoms with E-state index in [4.69, 9.17) is 25.8 Å². The van der Waals surface area contributed by atoms with E-state index in [1.54, 1.807) is 13.4 Å². The Morgan fingerprint density at radius 1 is 1.04 bits per heavy atom. The van der Waals surface area contributed by atoms with Crippen molar-refractivity contribution < 1.29 is 9.26 Å². The van der Waals surface area contributed by atoms with Crippen molar-refractivity contribution >= 4 is 22.5 Å². The van der Waals surface area contributed by atoms with Crippen LogP contribution in [0.1, 0.15) is 11.3 Å². The van der Waals surface area contributed by atoms with E-state index in [1.807, 2.05) is 48.5 Å². The molecule has 4 aromatic rings. The highest BCUT2D eigenvalue weighted by Crippen LogP contribution is 2.29. The molecule has 4 rings (SSSR count). The third kappa shape index (κ3) is 4.01. The van der Waals surface area contributed by atoms with Crippen LogP contribution in [0.2, 0.25) is 5.02 Å². The summed E-state index contributed by atoms with van der Waals surface area (Å²) in [5, 5.41) is 5.77. The second-order valence-electron chi connectivity index (χ2n) is 6.72. The summed E-state index contributed by atoms with van der Waals surface area (Å²) in [4.78, 5) is 7.13. The fourth-order valence-electron chi connectivity index (χ4n) is 3.24. The number of ether oxygens (including phenoxy) is 1.